The van der Waals surface area contributed by atoms with E-state index >= 15 is 0 Å². The number of benzene rings is 2. The molecule has 7 heteroatoms. The highest BCUT2D eigenvalue weighted by Crippen LogP contribution is 2.34. The van der Waals surface area contributed by atoms with Crippen molar-refractivity contribution in [1.82, 2.24) is 20.0 Å². The number of rotatable bonds is 9. The Morgan fingerprint density at radius 1 is 1.00 bits per heavy atom. The predicted octanol–water partition coefficient (Wildman–Crippen LogP) is 3.75. The molecule has 0 aliphatic carbocycles. The topological polar surface area (TPSA) is 65.1 Å². The first-order chi connectivity index (χ1) is 17.3. The molecule has 4 rings (SSSR count). The number of para-hydroxylation sites is 1. The molecule has 2 aliphatic heterocycles. The fraction of sp³-hybridized carbons (Fsp3) is 0.517. The number of nitrogens with zero attached hydrogens (tertiary/aromatic N) is 3. The Morgan fingerprint density at radius 2 is 1.64 bits per heavy atom. The van der Waals surface area contributed by atoms with Crippen LogP contribution in [0.1, 0.15) is 38.7 Å². The summed E-state index contributed by atoms with van der Waals surface area (Å²) in [5, 5.41) is 3.09. The van der Waals surface area contributed by atoms with E-state index in [1.807, 2.05) is 61.5 Å². The lowest BCUT2D eigenvalue weighted by Gasteiger charge is -2.52. The molecule has 2 saturated heterocycles. The molecule has 2 heterocycles. The molecule has 36 heavy (non-hydrogen) atoms. The van der Waals surface area contributed by atoms with Crippen molar-refractivity contribution in [2.45, 2.75) is 51.2 Å². The van der Waals surface area contributed by atoms with Crippen LogP contribution in [0, 0.1) is 5.92 Å². The van der Waals surface area contributed by atoms with E-state index in [9.17, 15) is 9.59 Å². The number of carbonyl (C=O) groups is 2. The lowest BCUT2D eigenvalue weighted by Crippen LogP contribution is -2.73. The molecule has 194 valence electrons. The zero-order valence-electron chi connectivity index (χ0n) is 22.1. The smallest absolute Gasteiger partial charge is 0.246 e. The maximum atomic E-state index is 13.5. The number of ether oxygens (including phenoxy) is 1. The SMILES string of the molecule is CC(C)CC1NC(=O)C2(CCN(Cc3ccc(Oc4ccccc4)cc3)CC2)N(CCN(C)C)C1=O. The number of carbonyl (C=O) groups excluding carboxylic acids is 2. The van der Waals surface area contributed by atoms with Gasteiger partial charge in [0.05, 0.1) is 0 Å². The monoisotopic (exact) mass is 492 g/mol. The third-order valence-corrected chi connectivity index (χ3v) is 7.28. The van der Waals surface area contributed by atoms with Crippen LogP contribution in [0.2, 0.25) is 0 Å². The number of nitrogens with one attached hydrogen (secondary N) is 1. The number of likely N-dealkylation sites (N-methyl/N-ethyl adjacent to an activating group) is 1. The molecule has 2 fully saturated rings. The molecule has 0 bridgehead atoms. The molecule has 0 radical (unpaired) electrons. The van der Waals surface area contributed by atoms with Gasteiger partial charge in [0.25, 0.3) is 0 Å². The van der Waals surface area contributed by atoms with Gasteiger partial charge in [-0.25, -0.2) is 0 Å². The van der Waals surface area contributed by atoms with E-state index in [2.05, 4.69) is 41.1 Å². The maximum Gasteiger partial charge on any atom is 0.246 e. The molecule has 2 amide bonds. The molecule has 2 aliphatic rings. The van der Waals surface area contributed by atoms with Crippen LogP contribution in [0.4, 0.5) is 0 Å². The summed E-state index contributed by atoms with van der Waals surface area (Å²) in [5.74, 6) is 2.07. The van der Waals surface area contributed by atoms with E-state index in [4.69, 9.17) is 4.74 Å². The van der Waals surface area contributed by atoms with Crippen molar-refractivity contribution in [1.29, 1.82) is 0 Å². The number of piperazine rings is 1. The minimum absolute atomic E-state index is 0.0218. The Balaban J connectivity index is 1.39. The second kappa shape index (κ2) is 11.4. The Labute approximate surface area is 215 Å². The standard InChI is InChI=1S/C29H40N4O3/c1-22(2)20-26-27(34)33(19-18-31(3)4)29(28(35)30-26)14-16-32(17-15-29)21-23-10-12-25(13-11-23)36-24-8-6-5-7-9-24/h5-13,22,26H,14-21H2,1-4H3,(H,30,35). The molecule has 1 atom stereocenters. The first-order valence-corrected chi connectivity index (χ1v) is 13.1. The number of piperidine rings is 1. The Bertz CT molecular complexity index is 1010. The average Bonchev–Trinajstić information content (AvgIpc) is 2.85. The van der Waals surface area contributed by atoms with E-state index < -0.39 is 11.6 Å². The van der Waals surface area contributed by atoms with Crippen LogP contribution in [-0.2, 0) is 16.1 Å². The first-order valence-electron chi connectivity index (χ1n) is 13.1. The van der Waals surface area contributed by atoms with E-state index in [-0.39, 0.29) is 11.8 Å². The van der Waals surface area contributed by atoms with Gasteiger partial charge in [0.15, 0.2) is 0 Å². The van der Waals surface area contributed by atoms with Crippen LogP contribution in [-0.4, -0.2) is 78.4 Å². The largest absolute Gasteiger partial charge is 0.457 e. The highest BCUT2D eigenvalue weighted by atomic mass is 16.5. The summed E-state index contributed by atoms with van der Waals surface area (Å²) in [6.45, 7) is 7.87. The van der Waals surface area contributed by atoms with Gasteiger partial charge < -0.3 is 19.9 Å². The predicted molar refractivity (Wildman–Crippen MR) is 142 cm³/mol. The van der Waals surface area contributed by atoms with Crippen LogP contribution in [0.15, 0.2) is 54.6 Å². The highest BCUT2D eigenvalue weighted by molar-refractivity contribution is 6.00. The molecule has 2 aromatic rings. The Morgan fingerprint density at radius 3 is 2.25 bits per heavy atom. The quantitative estimate of drug-likeness (QED) is 0.578. The second-order valence-corrected chi connectivity index (χ2v) is 10.8. The molecule has 0 aromatic heterocycles. The van der Waals surface area contributed by atoms with Crippen molar-refractivity contribution in [2.24, 2.45) is 5.92 Å². The van der Waals surface area contributed by atoms with Gasteiger partial charge in [0.2, 0.25) is 11.8 Å². The van der Waals surface area contributed by atoms with Crippen LogP contribution in [0.5, 0.6) is 11.5 Å². The highest BCUT2D eigenvalue weighted by Gasteiger charge is 2.53. The van der Waals surface area contributed by atoms with Crippen molar-refractivity contribution in [3.05, 3.63) is 60.2 Å². The van der Waals surface area contributed by atoms with E-state index in [0.29, 0.717) is 31.7 Å². The van der Waals surface area contributed by atoms with Crippen molar-refractivity contribution >= 4 is 11.8 Å². The molecule has 1 spiro atoms. The average molecular weight is 493 g/mol. The summed E-state index contributed by atoms with van der Waals surface area (Å²) in [4.78, 5) is 33.3. The van der Waals surface area contributed by atoms with Gasteiger partial charge in [-0.1, -0.05) is 44.2 Å². The van der Waals surface area contributed by atoms with Crippen molar-refractivity contribution in [3.8, 4) is 11.5 Å². The molecule has 1 unspecified atom stereocenters. The van der Waals surface area contributed by atoms with Crippen molar-refractivity contribution < 1.29 is 14.3 Å². The third kappa shape index (κ3) is 6.08. The summed E-state index contributed by atoms with van der Waals surface area (Å²) < 4.78 is 5.91. The summed E-state index contributed by atoms with van der Waals surface area (Å²) in [6.07, 6.45) is 1.98. The first kappa shape index (κ1) is 26.2. The summed E-state index contributed by atoms with van der Waals surface area (Å²) in [5.41, 5.74) is 0.460. The third-order valence-electron chi connectivity index (χ3n) is 7.28. The maximum absolute atomic E-state index is 13.5. The number of likely N-dealkylation sites (tertiary alicyclic amines) is 1. The number of hydrogen-bond acceptors (Lipinski definition) is 5. The zero-order valence-corrected chi connectivity index (χ0v) is 22.1. The van der Waals surface area contributed by atoms with Crippen LogP contribution in [0.3, 0.4) is 0 Å². The van der Waals surface area contributed by atoms with Crippen molar-refractivity contribution in [2.75, 3.05) is 40.3 Å². The molecular formula is C29H40N4O3. The number of amides is 2. The van der Waals surface area contributed by atoms with Crippen LogP contribution >= 0.6 is 0 Å². The minimum atomic E-state index is -0.746. The Hall–Kier alpha value is -2.90. The van der Waals surface area contributed by atoms with Crippen LogP contribution < -0.4 is 10.1 Å². The van der Waals surface area contributed by atoms with Gasteiger partial charge >= 0.3 is 0 Å². The van der Waals surface area contributed by atoms with Gasteiger partial charge in [-0.2, -0.15) is 0 Å². The van der Waals surface area contributed by atoms with E-state index in [1.54, 1.807) is 0 Å². The number of hydrogen-bond donors (Lipinski definition) is 1. The molecule has 0 saturated carbocycles. The summed E-state index contributed by atoms with van der Waals surface area (Å²) >= 11 is 0. The van der Waals surface area contributed by atoms with Crippen LogP contribution in [0.25, 0.3) is 0 Å². The zero-order chi connectivity index (χ0) is 25.7. The van der Waals surface area contributed by atoms with Gasteiger partial charge in [-0.3, -0.25) is 14.5 Å². The second-order valence-electron chi connectivity index (χ2n) is 10.8. The molecule has 1 N–H and O–H groups in total. The van der Waals surface area contributed by atoms with Gasteiger partial charge in [0, 0.05) is 32.7 Å². The van der Waals surface area contributed by atoms with Crippen molar-refractivity contribution in [3.63, 3.8) is 0 Å². The van der Waals surface area contributed by atoms with E-state index in [0.717, 1.165) is 37.7 Å². The molecule has 7 nitrogen and oxygen atoms in total. The summed E-state index contributed by atoms with van der Waals surface area (Å²) in [7, 11) is 4.01. The lowest BCUT2D eigenvalue weighted by molar-refractivity contribution is -0.162. The molecule has 2 aromatic carbocycles. The van der Waals surface area contributed by atoms with E-state index in [1.165, 1.54) is 5.56 Å². The lowest BCUT2D eigenvalue weighted by atomic mass is 9.81. The normalized spacial score (nSPS) is 20.3. The fourth-order valence-corrected chi connectivity index (χ4v) is 5.26. The van der Waals surface area contributed by atoms with Gasteiger partial charge in [-0.15, -0.1) is 0 Å². The molecular weight excluding hydrogens is 452 g/mol. The summed E-state index contributed by atoms with van der Waals surface area (Å²) in [6, 6.07) is 17.5. The minimum Gasteiger partial charge on any atom is -0.457 e. The van der Waals surface area contributed by atoms with Gasteiger partial charge in [0.1, 0.15) is 23.1 Å². The fourth-order valence-electron chi connectivity index (χ4n) is 5.26. The van der Waals surface area contributed by atoms with Gasteiger partial charge in [-0.05, 0) is 69.1 Å². The Kier molecular flexibility index (Phi) is 8.32.